The lowest BCUT2D eigenvalue weighted by Crippen LogP contribution is -2.09. The fourth-order valence-electron chi connectivity index (χ4n) is 2.91. The maximum atomic E-state index is 13.5. The molecule has 1 amide bonds. The summed E-state index contributed by atoms with van der Waals surface area (Å²) < 4.78 is 72.4. The van der Waals surface area contributed by atoms with Crippen LogP contribution < -0.4 is 11.1 Å². The third-order valence-electron chi connectivity index (χ3n) is 4.25. The van der Waals surface area contributed by atoms with Gasteiger partial charge in [0, 0.05) is 18.7 Å². The van der Waals surface area contributed by atoms with Crippen LogP contribution in [0.3, 0.4) is 0 Å². The molecule has 0 fully saturated rings. The Hall–Kier alpha value is -3.71. The number of nitrogens with zero attached hydrogens (tertiary/aromatic N) is 2. The second-order valence-corrected chi connectivity index (χ2v) is 8.05. The van der Waals surface area contributed by atoms with Crippen LogP contribution in [0.1, 0.15) is 12.5 Å². The first-order valence-electron chi connectivity index (χ1n) is 8.70. The molecule has 0 aliphatic heterocycles. The van der Waals surface area contributed by atoms with Crippen molar-refractivity contribution in [2.24, 2.45) is 10.2 Å². The predicted octanol–water partition coefficient (Wildman–Crippen LogP) is 4.77. The summed E-state index contributed by atoms with van der Waals surface area (Å²) in [5, 5.41) is 19.9. The number of nitrogens with one attached hydrogen (secondary N) is 1. The molecule has 0 spiro atoms. The van der Waals surface area contributed by atoms with Crippen molar-refractivity contribution < 1.29 is 36.0 Å². The van der Waals surface area contributed by atoms with E-state index in [0.717, 1.165) is 25.1 Å². The standard InChI is InChI=1S/C19H15F3N4O5S/c1-9(27)24-11-3-5-15(13(7-11)19(20,21)22)25-26-18-14(23)4-2-10-6-12(32(29,30)31)8-16(28)17(10)18/h2-8,28H,23H2,1H3,(H,24,27)(H,29,30,31). The van der Waals surface area contributed by atoms with E-state index in [4.69, 9.17) is 5.73 Å². The molecule has 3 aromatic carbocycles. The number of aromatic hydroxyl groups is 1. The van der Waals surface area contributed by atoms with Crippen molar-refractivity contribution in [2.75, 3.05) is 11.1 Å². The Morgan fingerprint density at radius 2 is 1.78 bits per heavy atom. The molecule has 0 atom stereocenters. The molecule has 3 aromatic rings. The molecule has 0 saturated carbocycles. The number of rotatable bonds is 4. The van der Waals surface area contributed by atoms with E-state index in [9.17, 15) is 36.0 Å². The van der Waals surface area contributed by atoms with Gasteiger partial charge in [-0.05, 0) is 35.7 Å². The summed E-state index contributed by atoms with van der Waals surface area (Å²) in [7, 11) is -4.63. The molecule has 0 aliphatic rings. The average Bonchev–Trinajstić information content (AvgIpc) is 2.66. The number of phenolic OH excluding ortho intramolecular Hbond substituents is 1. The van der Waals surface area contributed by atoms with Gasteiger partial charge in [0.1, 0.15) is 11.4 Å². The van der Waals surface area contributed by atoms with Gasteiger partial charge < -0.3 is 16.2 Å². The number of carbonyl (C=O) groups is 1. The highest BCUT2D eigenvalue weighted by Gasteiger charge is 2.34. The lowest BCUT2D eigenvalue weighted by molar-refractivity contribution is -0.137. The Labute approximate surface area is 179 Å². The van der Waals surface area contributed by atoms with Crippen LogP contribution in [0.4, 0.5) is 35.9 Å². The molecular formula is C19H15F3N4O5S. The quantitative estimate of drug-likeness (QED) is 0.246. The van der Waals surface area contributed by atoms with Crippen molar-refractivity contribution >= 4 is 49.5 Å². The van der Waals surface area contributed by atoms with Crippen molar-refractivity contribution in [2.45, 2.75) is 18.0 Å². The number of carbonyl (C=O) groups excluding carboxylic acids is 1. The van der Waals surface area contributed by atoms with E-state index >= 15 is 0 Å². The van der Waals surface area contributed by atoms with Crippen LogP contribution in [0.15, 0.2) is 57.6 Å². The van der Waals surface area contributed by atoms with Crippen LogP contribution >= 0.6 is 0 Å². The summed E-state index contributed by atoms with van der Waals surface area (Å²) in [6, 6.07) is 7.29. The van der Waals surface area contributed by atoms with Crippen molar-refractivity contribution in [1.29, 1.82) is 0 Å². The highest BCUT2D eigenvalue weighted by Crippen LogP contribution is 2.42. The molecule has 32 heavy (non-hydrogen) atoms. The minimum absolute atomic E-state index is 0.0559. The molecular weight excluding hydrogens is 453 g/mol. The SMILES string of the molecule is CC(=O)Nc1ccc(N=Nc2c(N)ccc3cc(S(=O)(=O)O)cc(O)c23)c(C(F)(F)F)c1. The molecule has 0 heterocycles. The number of nitrogen functional groups attached to an aromatic ring is 1. The minimum Gasteiger partial charge on any atom is -0.507 e. The highest BCUT2D eigenvalue weighted by molar-refractivity contribution is 7.85. The van der Waals surface area contributed by atoms with Gasteiger partial charge in [-0.3, -0.25) is 9.35 Å². The zero-order valence-electron chi connectivity index (χ0n) is 16.2. The number of hydrogen-bond acceptors (Lipinski definition) is 7. The van der Waals surface area contributed by atoms with Gasteiger partial charge in [-0.15, -0.1) is 10.2 Å². The Morgan fingerprint density at radius 1 is 1.09 bits per heavy atom. The van der Waals surface area contributed by atoms with Crippen LogP contribution in [0.25, 0.3) is 10.8 Å². The number of halogens is 3. The summed E-state index contributed by atoms with van der Waals surface area (Å²) in [5.41, 5.74) is 3.72. The van der Waals surface area contributed by atoms with Crippen molar-refractivity contribution in [3.8, 4) is 5.75 Å². The second kappa shape index (κ2) is 8.09. The summed E-state index contributed by atoms with van der Waals surface area (Å²) in [6.45, 7) is 1.14. The maximum absolute atomic E-state index is 13.5. The summed E-state index contributed by atoms with van der Waals surface area (Å²) in [5.74, 6) is -1.19. The first-order chi connectivity index (χ1) is 14.8. The van der Waals surface area contributed by atoms with Crippen LogP contribution in [0.5, 0.6) is 5.75 Å². The molecule has 5 N–H and O–H groups in total. The van der Waals surface area contributed by atoms with Crippen molar-refractivity contribution in [1.82, 2.24) is 0 Å². The van der Waals surface area contributed by atoms with E-state index in [1.54, 1.807) is 0 Å². The molecule has 0 radical (unpaired) electrons. The molecule has 0 aromatic heterocycles. The lowest BCUT2D eigenvalue weighted by atomic mass is 10.1. The summed E-state index contributed by atoms with van der Waals surface area (Å²) >= 11 is 0. The number of alkyl halides is 3. The van der Waals surface area contributed by atoms with E-state index in [2.05, 4.69) is 15.5 Å². The van der Waals surface area contributed by atoms with Gasteiger partial charge in [-0.25, -0.2) is 0 Å². The average molecular weight is 468 g/mol. The van der Waals surface area contributed by atoms with Gasteiger partial charge in [0.2, 0.25) is 5.91 Å². The zero-order valence-corrected chi connectivity index (χ0v) is 17.0. The molecule has 0 aliphatic carbocycles. The van der Waals surface area contributed by atoms with E-state index < -0.39 is 44.1 Å². The second-order valence-electron chi connectivity index (χ2n) is 6.63. The highest BCUT2D eigenvalue weighted by atomic mass is 32.2. The number of hydrogen-bond donors (Lipinski definition) is 4. The van der Waals surface area contributed by atoms with E-state index in [1.807, 2.05) is 0 Å². The van der Waals surface area contributed by atoms with Gasteiger partial charge in [-0.2, -0.15) is 21.6 Å². The first-order valence-corrected chi connectivity index (χ1v) is 10.1. The smallest absolute Gasteiger partial charge is 0.418 e. The van der Waals surface area contributed by atoms with Gasteiger partial charge in [0.05, 0.1) is 27.2 Å². The molecule has 0 unspecified atom stereocenters. The van der Waals surface area contributed by atoms with Gasteiger partial charge in [0.15, 0.2) is 0 Å². The van der Waals surface area contributed by atoms with E-state index in [-0.39, 0.29) is 27.8 Å². The normalized spacial score (nSPS) is 12.4. The third kappa shape index (κ3) is 4.78. The molecule has 0 bridgehead atoms. The fourth-order valence-corrected chi connectivity index (χ4v) is 3.44. The Morgan fingerprint density at radius 3 is 2.38 bits per heavy atom. The van der Waals surface area contributed by atoms with Crippen molar-refractivity contribution in [3.05, 3.63) is 48.0 Å². The number of fused-ring (bicyclic) bond motifs is 1. The molecule has 3 rings (SSSR count). The Bertz CT molecular complexity index is 1370. The van der Waals surface area contributed by atoms with Gasteiger partial charge >= 0.3 is 6.18 Å². The number of amides is 1. The van der Waals surface area contributed by atoms with Crippen LogP contribution in [-0.4, -0.2) is 24.0 Å². The first kappa shape index (κ1) is 23.0. The molecule has 13 heteroatoms. The number of azo groups is 1. The number of benzene rings is 3. The van der Waals surface area contributed by atoms with Gasteiger partial charge in [-0.1, -0.05) is 6.07 Å². The van der Waals surface area contributed by atoms with E-state index in [0.29, 0.717) is 6.07 Å². The van der Waals surface area contributed by atoms with Crippen LogP contribution in [0.2, 0.25) is 0 Å². The monoisotopic (exact) mass is 468 g/mol. The van der Waals surface area contributed by atoms with Crippen LogP contribution in [-0.2, 0) is 21.1 Å². The van der Waals surface area contributed by atoms with Crippen LogP contribution in [0, 0.1) is 0 Å². The molecule has 168 valence electrons. The lowest BCUT2D eigenvalue weighted by Gasteiger charge is -2.12. The largest absolute Gasteiger partial charge is 0.507 e. The maximum Gasteiger partial charge on any atom is 0.418 e. The fraction of sp³-hybridized carbons (Fsp3) is 0.105. The Balaban J connectivity index is 2.16. The Kier molecular flexibility index (Phi) is 5.80. The molecule has 0 saturated heterocycles. The third-order valence-corrected chi connectivity index (χ3v) is 5.08. The van der Waals surface area contributed by atoms with Crippen molar-refractivity contribution in [3.63, 3.8) is 0 Å². The predicted molar refractivity (Wildman–Crippen MR) is 110 cm³/mol. The number of anilines is 2. The summed E-state index contributed by atoms with van der Waals surface area (Å²) in [4.78, 5) is 10.5. The topological polar surface area (TPSA) is 154 Å². The minimum atomic E-state index is -4.82. The summed E-state index contributed by atoms with van der Waals surface area (Å²) in [6.07, 6.45) is -4.82. The van der Waals surface area contributed by atoms with Gasteiger partial charge in [0.25, 0.3) is 10.1 Å². The van der Waals surface area contributed by atoms with E-state index in [1.165, 1.54) is 18.2 Å². The number of nitrogens with two attached hydrogens (primary N) is 1. The molecule has 9 nitrogen and oxygen atoms in total. The number of phenols is 1. The zero-order chi connectivity index (χ0) is 23.8.